The van der Waals surface area contributed by atoms with Crippen LogP contribution in [-0.2, 0) is 19.1 Å². The first-order chi connectivity index (χ1) is 8.51. The van der Waals surface area contributed by atoms with Crippen LogP contribution < -0.4 is 5.32 Å². The summed E-state index contributed by atoms with van der Waals surface area (Å²) in [5, 5.41) is 10.8. The molecule has 0 radical (unpaired) electrons. The van der Waals surface area contributed by atoms with E-state index in [-0.39, 0.29) is 6.61 Å². The summed E-state index contributed by atoms with van der Waals surface area (Å²) in [6.07, 6.45) is 3.90. The molecule has 1 unspecified atom stereocenters. The smallest absolute Gasteiger partial charge is 0.328 e. The fourth-order valence-corrected chi connectivity index (χ4v) is 1.57. The van der Waals surface area contributed by atoms with Gasteiger partial charge in [0.2, 0.25) is 5.91 Å². The fraction of sp³-hybridized carbons (Fsp3) is 0.545. The van der Waals surface area contributed by atoms with Crippen LogP contribution in [0.3, 0.4) is 0 Å². The second-order valence-electron chi connectivity index (χ2n) is 3.27. The van der Waals surface area contributed by atoms with Crippen molar-refractivity contribution in [2.24, 2.45) is 0 Å². The summed E-state index contributed by atoms with van der Waals surface area (Å²) in [5.41, 5.74) is 0. The lowest BCUT2D eigenvalue weighted by atomic mass is 10.2. The maximum atomic E-state index is 11.5. The van der Waals surface area contributed by atoms with Crippen LogP contribution >= 0.6 is 11.8 Å². The van der Waals surface area contributed by atoms with E-state index in [9.17, 15) is 14.4 Å². The summed E-state index contributed by atoms with van der Waals surface area (Å²) in [5.74, 6) is -1.67. The van der Waals surface area contributed by atoms with Crippen molar-refractivity contribution in [2.45, 2.75) is 19.4 Å². The largest absolute Gasteiger partial charge is 0.478 e. The van der Waals surface area contributed by atoms with Crippen molar-refractivity contribution >= 4 is 29.6 Å². The van der Waals surface area contributed by atoms with E-state index >= 15 is 0 Å². The number of carboxylic acid groups (broad SMARTS) is 1. The Bertz CT molecular complexity index is 329. The van der Waals surface area contributed by atoms with E-state index in [1.54, 1.807) is 6.92 Å². The molecule has 1 amide bonds. The number of esters is 1. The molecular formula is C11H17NO5S. The lowest BCUT2D eigenvalue weighted by molar-refractivity contribution is -0.147. The van der Waals surface area contributed by atoms with Crippen molar-refractivity contribution in [1.82, 2.24) is 5.32 Å². The van der Waals surface area contributed by atoms with Gasteiger partial charge in [0.25, 0.3) is 0 Å². The van der Waals surface area contributed by atoms with E-state index in [1.165, 1.54) is 11.8 Å². The Morgan fingerprint density at radius 2 is 2.06 bits per heavy atom. The molecule has 0 aliphatic rings. The summed E-state index contributed by atoms with van der Waals surface area (Å²) in [7, 11) is 0. The average Bonchev–Trinajstić information content (AvgIpc) is 2.32. The van der Waals surface area contributed by atoms with Crippen molar-refractivity contribution < 1.29 is 24.2 Å². The zero-order chi connectivity index (χ0) is 14.0. The Labute approximate surface area is 110 Å². The molecule has 0 aromatic rings. The molecular weight excluding hydrogens is 258 g/mol. The van der Waals surface area contributed by atoms with Gasteiger partial charge < -0.3 is 15.2 Å². The third-order valence-electron chi connectivity index (χ3n) is 1.88. The number of aliphatic carboxylic acids is 1. The van der Waals surface area contributed by atoms with Crippen LogP contribution in [0.25, 0.3) is 0 Å². The van der Waals surface area contributed by atoms with Crippen molar-refractivity contribution in [3.05, 3.63) is 12.2 Å². The number of rotatable bonds is 8. The molecule has 0 aliphatic carbocycles. The topological polar surface area (TPSA) is 92.7 Å². The molecule has 7 heteroatoms. The molecule has 0 fully saturated rings. The van der Waals surface area contributed by atoms with Gasteiger partial charge in [0, 0.05) is 12.2 Å². The van der Waals surface area contributed by atoms with E-state index in [0.717, 1.165) is 6.08 Å². The summed E-state index contributed by atoms with van der Waals surface area (Å²) in [6.45, 7) is 1.91. The molecule has 2 N–H and O–H groups in total. The van der Waals surface area contributed by atoms with Gasteiger partial charge in [-0.15, -0.1) is 0 Å². The first kappa shape index (κ1) is 16.5. The first-order valence-corrected chi connectivity index (χ1v) is 6.77. The number of ether oxygens (including phenoxy) is 1. The zero-order valence-electron chi connectivity index (χ0n) is 10.3. The monoisotopic (exact) mass is 275 g/mol. The molecule has 18 heavy (non-hydrogen) atoms. The van der Waals surface area contributed by atoms with Gasteiger partial charge in [-0.05, 0) is 25.4 Å². The van der Waals surface area contributed by atoms with Crippen LogP contribution in [0.1, 0.15) is 13.3 Å². The number of carboxylic acids is 1. The minimum atomic E-state index is -1.22. The lowest BCUT2D eigenvalue weighted by Crippen LogP contribution is -2.41. The van der Waals surface area contributed by atoms with Crippen LogP contribution in [0.2, 0.25) is 0 Å². The zero-order valence-corrected chi connectivity index (χ0v) is 11.2. The van der Waals surface area contributed by atoms with Crippen molar-refractivity contribution in [3.63, 3.8) is 0 Å². The maximum absolute atomic E-state index is 11.5. The summed E-state index contributed by atoms with van der Waals surface area (Å²) in [6, 6.07) is -0.747. The average molecular weight is 275 g/mol. The van der Waals surface area contributed by atoms with Crippen molar-refractivity contribution in [3.8, 4) is 0 Å². The van der Waals surface area contributed by atoms with E-state index in [4.69, 9.17) is 9.84 Å². The number of carbonyl (C=O) groups is 3. The number of hydrogen-bond acceptors (Lipinski definition) is 5. The standard InChI is InChI=1S/C11H17NO5S/c1-3-17-11(16)8(6-7-18-2)12-9(13)4-5-10(14)15/h4-5,8H,3,6-7H2,1-2H3,(H,12,13)(H,14,15)/b5-4-. The Morgan fingerprint density at radius 1 is 1.39 bits per heavy atom. The predicted molar refractivity (Wildman–Crippen MR) is 68.3 cm³/mol. The van der Waals surface area contributed by atoms with Crippen LogP contribution in [0.5, 0.6) is 0 Å². The Morgan fingerprint density at radius 3 is 2.56 bits per heavy atom. The highest BCUT2D eigenvalue weighted by atomic mass is 32.2. The number of hydrogen-bond donors (Lipinski definition) is 2. The van der Waals surface area contributed by atoms with Crippen LogP contribution in [-0.4, -0.2) is 47.6 Å². The maximum Gasteiger partial charge on any atom is 0.328 e. The second kappa shape index (κ2) is 9.52. The highest BCUT2D eigenvalue weighted by Crippen LogP contribution is 2.03. The molecule has 0 spiro atoms. The number of thioether (sulfide) groups is 1. The number of nitrogens with one attached hydrogen (secondary N) is 1. The minimum absolute atomic E-state index is 0.232. The predicted octanol–water partition coefficient (Wildman–Crippen LogP) is 0.428. The first-order valence-electron chi connectivity index (χ1n) is 5.38. The van der Waals surface area contributed by atoms with Crippen LogP contribution in [0.15, 0.2) is 12.2 Å². The van der Waals surface area contributed by atoms with Crippen molar-refractivity contribution in [2.75, 3.05) is 18.6 Å². The van der Waals surface area contributed by atoms with E-state index in [2.05, 4.69) is 5.32 Å². The van der Waals surface area contributed by atoms with Crippen LogP contribution in [0, 0.1) is 0 Å². The van der Waals surface area contributed by atoms with Gasteiger partial charge in [-0.1, -0.05) is 0 Å². The van der Waals surface area contributed by atoms with Crippen LogP contribution in [0.4, 0.5) is 0 Å². The fourth-order valence-electron chi connectivity index (χ4n) is 1.09. The molecule has 0 aromatic carbocycles. The van der Waals surface area contributed by atoms with E-state index < -0.39 is 23.9 Å². The molecule has 0 bridgehead atoms. The van der Waals surface area contributed by atoms with Gasteiger partial charge in [0.05, 0.1) is 6.61 Å². The van der Waals surface area contributed by atoms with Gasteiger partial charge in [0.1, 0.15) is 6.04 Å². The molecule has 0 aliphatic heterocycles. The van der Waals surface area contributed by atoms with Crippen molar-refractivity contribution in [1.29, 1.82) is 0 Å². The Kier molecular flexibility index (Phi) is 8.73. The molecule has 0 saturated carbocycles. The normalized spacial score (nSPS) is 12.1. The quantitative estimate of drug-likeness (QED) is 0.493. The van der Waals surface area contributed by atoms with Gasteiger partial charge >= 0.3 is 11.9 Å². The van der Waals surface area contributed by atoms with Gasteiger partial charge in [-0.25, -0.2) is 9.59 Å². The Balaban J connectivity index is 4.43. The summed E-state index contributed by atoms with van der Waals surface area (Å²) < 4.78 is 4.82. The lowest BCUT2D eigenvalue weighted by Gasteiger charge is -2.15. The highest BCUT2D eigenvalue weighted by molar-refractivity contribution is 7.98. The number of amides is 1. The molecule has 1 atom stereocenters. The summed E-state index contributed by atoms with van der Waals surface area (Å²) >= 11 is 1.54. The molecule has 0 heterocycles. The van der Waals surface area contributed by atoms with Gasteiger partial charge in [-0.3, -0.25) is 4.79 Å². The number of carbonyl (C=O) groups excluding carboxylic acids is 2. The van der Waals surface area contributed by atoms with E-state index in [0.29, 0.717) is 18.2 Å². The molecule has 6 nitrogen and oxygen atoms in total. The SMILES string of the molecule is CCOC(=O)C(CCSC)NC(=O)/C=C\C(=O)O. The molecule has 0 aromatic heterocycles. The molecule has 102 valence electrons. The van der Waals surface area contributed by atoms with Gasteiger partial charge in [0.15, 0.2) is 0 Å². The summed E-state index contributed by atoms with van der Waals surface area (Å²) in [4.78, 5) is 33.1. The molecule has 0 rings (SSSR count). The van der Waals surface area contributed by atoms with E-state index in [1.807, 2.05) is 6.26 Å². The minimum Gasteiger partial charge on any atom is -0.478 e. The van der Waals surface area contributed by atoms with Gasteiger partial charge in [-0.2, -0.15) is 11.8 Å². The third kappa shape index (κ3) is 7.72. The second-order valence-corrected chi connectivity index (χ2v) is 4.25. The highest BCUT2D eigenvalue weighted by Gasteiger charge is 2.20. The molecule has 0 saturated heterocycles. The third-order valence-corrected chi connectivity index (χ3v) is 2.52. The Hall–Kier alpha value is -1.50.